The number of aryl methyl sites for hydroxylation is 1. The lowest BCUT2D eigenvalue weighted by Gasteiger charge is -2.31. The van der Waals surface area contributed by atoms with Crippen molar-refractivity contribution in [3.8, 4) is 33.4 Å². The van der Waals surface area contributed by atoms with Gasteiger partial charge in [0.1, 0.15) is 0 Å². The monoisotopic (exact) mass is 577 g/mol. The first-order valence-electron chi connectivity index (χ1n) is 15.8. The zero-order chi connectivity index (χ0) is 30.5. The molecule has 1 aliphatic carbocycles. The van der Waals surface area contributed by atoms with Crippen LogP contribution in [0, 0.1) is 6.92 Å². The van der Waals surface area contributed by atoms with Crippen LogP contribution in [0.15, 0.2) is 158 Å². The van der Waals surface area contributed by atoms with E-state index in [0.29, 0.717) is 0 Å². The highest BCUT2D eigenvalue weighted by Gasteiger charge is 2.37. The molecule has 0 amide bonds. The van der Waals surface area contributed by atoms with Gasteiger partial charge in [-0.3, -0.25) is 0 Å². The van der Waals surface area contributed by atoms with Crippen molar-refractivity contribution < 1.29 is 0 Å². The summed E-state index contributed by atoms with van der Waals surface area (Å²) < 4.78 is 0. The molecule has 0 saturated heterocycles. The summed E-state index contributed by atoms with van der Waals surface area (Å²) in [4.78, 5) is 2.49. The van der Waals surface area contributed by atoms with Crippen molar-refractivity contribution in [3.63, 3.8) is 0 Å². The van der Waals surface area contributed by atoms with Gasteiger partial charge in [-0.25, -0.2) is 0 Å². The Morgan fingerprint density at radius 3 is 1.80 bits per heavy atom. The molecule has 0 fully saturated rings. The second-order valence-electron chi connectivity index (χ2n) is 12.7. The number of para-hydroxylation sites is 1. The van der Waals surface area contributed by atoms with E-state index in [4.69, 9.17) is 0 Å². The smallest absolute Gasteiger partial charge is 0.0546 e. The Bertz CT molecular complexity index is 2190. The van der Waals surface area contributed by atoms with Gasteiger partial charge < -0.3 is 4.90 Å². The van der Waals surface area contributed by atoms with Gasteiger partial charge in [-0.05, 0) is 87.0 Å². The summed E-state index contributed by atoms with van der Waals surface area (Å²) in [5.74, 6) is 0. The van der Waals surface area contributed by atoms with Gasteiger partial charge in [0.15, 0.2) is 0 Å². The fourth-order valence-corrected chi connectivity index (χ4v) is 7.30. The highest BCUT2D eigenvalue weighted by Crippen LogP contribution is 2.53. The first kappa shape index (κ1) is 27.2. The molecule has 1 nitrogen and oxygen atoms in total. The minimum absolute atomic E-state index is 0.108. The number of hydrogen-bond donors (Lipinski definition) is 0. The molecule has 0 unspecified atom stereocenters. The van der Waals surface area contributed by atoms with Crippen molar-refractivity contribution in [2.75, 3.05) is 4.90 Å². The van der Waals surface area contributed by atoms with Crippen LogP contribution >= 0.6 is 0 Å². The third kappa shape index (κ3) is 4.47. The third-order valence-corrected chi connectivity index (χ3v) is 9.57. The zero-order valence-electron chi connectivity index (χ0n) is 26.0. The van der Waals surface area contributed by atoms with Crippen molar-refractivity contribution in [1.82, 2.24) is 0 Å². The van der Waals surface area contributed by atoms with Gasteiger partial charge in [-0.2, -0.15) is 0 Å². The molecule has 0 bridgehead atoms. The molecule has 0 heterocycles. The minimum atomic E-state index is -0.108. The standard InChI is InChI=1S/C44H35N/c1-30-15-14-23-39-43(30)37-26-25-35(29-40(37)44(39,2)3)45(41-24-13-12-22-36(41)31-16-6-4-7-17-31)42-28-34-21-11-10-20-33(34)27-38(42)32-18-8-5-9-19-32/h4-29H,1-3H3. The minimum Gasteiger partial charge on any atom is -0.309 e. The van der Waals surface area contributed by atoms with Crippen LogP contribution in [0.1, 0.15) is 30.5 Å². The van der Waals surface area contributed by atoms with Crippen molar-refractivity contribution in [1.29, 1.82) is 0 Å². The van der Waals surface area contributed by atoms with E-state index in [-0.39, 0.29) is 5.41 Å². The van der Waals surface area contributed by atoms with E-state index in [1.807, 2.05) is 0 Å². The Balaban J connectivity index is 1.44. The highest BCUT2D eigenvalue weighted by atomic mass is 15.1. The molecule has 0 aliphatic heterocycles. The number of hydrogen-bond acceptors (Lipinski definition) is 1. The van der Waals surface area contributed by atoms with E-state index in [1.165, 1.54) is 60.8 Å². The van der Waals surface area contributed by atoms with E-state index in [9.17, 15) is 0 Å². The molecular weight excluding hydrogens is 542 g/mol. The molecule has 0 saturated carbocycles. The largest absolute Gasteiger partial charge is 0.309 e. The molecule has 0 N–H and O–H groups in total. The highest BCUT2D eigenvalue weighted by molar-refractivity contribution is 6.00. The molecule has 7 aromatic rings. The zero-order valence-corrected chi connectivity index (χ0v) is 26.0. The van der Waals surface area contributed by atoms with Crippen molar-refractivity contribution >= 4 is 27.8 Å². The molecule has 45 heavy (non-hydrogen) atoms. The van der Waals surface area contributed by atoms with Crippen LogP contribution in [0.2, 0.25) is 0 Å². The molecule has 7 aromatic carbocycles. The summed E-state index contributed by atoms with van der Waals surface area (Å²) in [7, 11) is 0. The van der Waals surface area contributed by atoms with Crippen LogP contribution in [0.4, 0.5) is 17.1 Å². The van der Waals surface area contributed by atoms with Crippen molar-refractivity contribution in [2.24, 2.45) is 0 Å². The SMILES string of the molecule is Cc1cccc2c1-c1ccc(N(c3ccccc3-c3ccccc3)c3cc4ccccc4cc3-c3ccccc3)cc1C2(C)C. The number of nitrogens with zero attached hydrogens (tertiary/aromatic N) is 1. The van der Waals surface area contributed by atoms with Crippen LogP contribution in [0.5, 0.6) is 0 Å². The predicted molar refractivity (Wildman–Crippen MR) is 192 cm³/mol. The topological polar surface area (TPSA) is 3.24 Å². The van der Waals surface area contributed by atoms with Gasteiger partial charge in [0.2, 0.25) is 0 Å². The molecule has 0 aromatic heterocycles. The van der Waals surface area contributed by atoms with Crippen LogP contribution in [0.25, 0.3) is 44.2 Å². The normalized spacial score (nSPS) is 13.0. The number of anilines is 3. The van der Waals surface area contributed by atoms with E-state index in [2.05, 4.69) is 183 Å². The number of rotatable bonds is 5. The summed E-state index contributed by atoms with van der Waals surface area (Å²) in [5.41, 5.74) is 15.0. The first-order chi connectivity index (χ1) is 22.0. The van der Waals surface area contributed by atoms with E-state index < -0.39 is 0 Å². The summed E-state index contributed by atoms with van der Waals surface area (Å²) >= 11 is 0. The van der Waals surface area contributed by atoms with Gasteiger partial charge in [-0.15, -0.1) is 0 Å². The Hall–Kier alpha value is -5.40. The van der Waals surface area contributed by atoms with Gasteiger partial charge >= 0.3 is 0 Å². The molecule has 0 spiro atoms. The summed E-state index contributed by atoms with van der Waals surface area (Å²) in [6.45, 7) is 6.98. The maximum atomic E-state index is 2.49. The molecule has 8 rings (SSSR count). The van der Waals surface area contributed by atoms with Crippen LogP contribution < -0.4 is 4.90 Å². The van der Waals surface area contributed by atoms with Crippen molar-refractivity contribution in [2.45, 2.75) is 26.2 Å². The van der Waals surface area contributed by atoms with Gasteiger partial charge in [-0.1, -0.05) is 141 Å². The first-order valence-corrected chi connectivity index (χ1v) is 15.8. The predicted octanol–water partition coefficient (Wildman–Crippen LogP) is 12.3. The number of benzene rings is 7. The van der Waals surface area contributed by atoms with Crippen LogP contribution in [-0.4, -0.2) is 0 Å². The van der Waals surface area contributed by atoms with Crippen LogP contribution in [-0.2, 0) is 5.41 Å². The Morgan fingerprint density at radius 2 is 1.07 bits per heavy atom. The molecule has 1 heteroatoms. The van der Waals surface area contributed by atoms with Gasteiger partial charge in [0.25, 0.3) is 0 Å². The fourth-order valence-electron chi connectivity index (χ4n) is 7.30. The van der Waals surface area contributed by atoms with Crippen LogP contribution in [0.3, 0.4) is 0 Å². The maximum absolute atomic E-state index is 2.49. The lowest BCUT2D eigenvalue weighted by atomic mass is 9.82. The number of fused-ring (bicyclic) bond motifs is 4. The maximum Gasteiger partial charge on any atom is 0.0546 e. The molecule has 216 valence electrons. The molecular formula is C44H35N. The lowest BCUT2D eigenvalue weighted by Crippen LogP contribution is -2.17. The second kappa shape index (κ2) is 10.6. The van der Waals surface area contributed by atoms with E-state index in [1.54, 1.807) is 0 Å². The Labute approximate surface area is 266 Å². The van der Waals surface area contributed by atoms with E-state index >= 15 is 0 Å². The summed E-state index contributed by atoms with van der Waals surface area (Å²) in [6.07, 6.45) is 0. The average Bonchev–Trinajstić information content (AvgIpc) is 3.32. The molecule has 1 aliphatic rings. The van der Waals surface area contributed by atoms with E-state index in [0.717, 1.165) is 17.1 Å². The lowest BCUT2D eigenvalue weighted by molar-refractivity contribution is 0.660. The third-order valence-electron chi connectivity index (χ3n) is 9.57. The molecule has 0 radical (unpaired) electrons. The Kier molecular flexibility index (Phi) is 6.43. The molecule has 0 atom stereocenters. The summed E-state index contributed by atoms with van der Waals surface area (Å²) in [5, 5.41) is 2.45. The average molecular weight is 578 g/mol. The fraction of sp³-hybridized carbons (Fsp3) is 0.0909. The Morgan fingerprint density at radius 1 is 0.444 bits per heavy atom. The van der Waals surface area contributed by atoms with Crippen molar-refractivity contribution in [3.05, 3.63) is 174 Å². The van der Waals surface area contributed by atoms with Gasteiger partial charge in [0.05, 0.1) is 11.4 Å². The van der Waals surface area contributed by atoms with Gasteiger partial charge in [0, 0.05) is 22.2 Å². The summed E-state index contributed by atoms with van der Waals surface area (Å²) in [6, 6.07) is 57.7. The quantitative estimate of drug-likeness (QED) is 0.197. The second-order valence-corrected chi connectivity index (χ2v) is 12.7.